The number of allylic oxidation sites excluding steroid dienone is 1. The van der Waals surface area contributed by atoms with E-state index >= 15 is 0 Å². The van der Waals surface area contributed by atoms with Gasteiger partial charge >= 0.3 is 0 Å². The maximum atomic E-state index is 13.3. The molecule has 2 rings (SSSR count). The van der Waals surface area contributed by atoms with E-state index in [-0.39, 0.29) is 29.7 Å². The smallest absolute Gasteiger partial charge is 0.262 e. The highest BCUT2D eigenvalue weighted by atomic mass is 35.5. The third kappa shape index (κ3) is 4.27. The fourth-order valence-electron chi connectivity index (χ4n) is 2.56. The van der Waals surface area contributed by atoms with Gasteiger partial charge in [-0.2, -0.15) is 0 Å². The van der Waals surface area contributed by atoms with E-state index in [4.69, 9.17) is 27.5 Å². The quantitative estimate of drug-likeness (QED) is 0.579. The van der Waals surface area contributed by atoms with Crippen molar-refractivity contribution in [3.05, 3.63) is 40.3 Å². The van der Waals surface area contributed by atoms with Crippen LogP contribution >= 0.6 is 11.6 Å². The van der Waals surface area contributed by atoms with Gasteiger partial charge in [0.05, 0.1) is 19.4 Å². The summed E-state index contributed by atoms with van der Waals surface area (Å²) in [6, 6.07) is 4.14. The molecule has 0 saturated carbocycles. The summed E-state index contributed by atoms with van der Waals surface area (Å²) in [4.78, 5) is 26.7. The predicted molar refractivity (Wildman–Crippen MR) is 90.8 cm³/mol. The van der Waals surface area contributed by atoms with Crippen molar-refractivity contribution in [1.82, 2.24) is 9.80 Å². The summed E-state index contributed by atoms with van der Waals surface area (Å²) >= 11 is 5.82. The summed E-state index contributed by atoms with van der Waals surface area (Å²) in [5.74, 6) is -1.12. The Hall–Kier alpha value is -2.61. The average Bonchev–Trinajstić information content (AvgIpc) is 2.58. The van der Waals surface area contributed by atoms with Gasteiger partial charge in [0.15, 0.2) is 0 Å². The maximum absolute atomic E-state index is 13.3. The first-order chi connectivity index (χ1) is 11.9. The molecule has 2 amide bonds. The molecule has 0 radical (unpaired) electrons. The number of ether oxygens (including phenoxy) is 1. The Kier molecular flexibility index (Phi) is 5.97. The molecule has 25 heavy (non-hydrogen) atoms. The summed E-state index contributed by atoms with van der Waals surface area (Å²) in [6.45, 7) is 0.949. The van der Waals surface area contributed by atoms with Gasteiger partial charge in [-0.25, -0.2) is 4.39 Å². The van der Waals surface area contributed by atoms with Crippen molar-refractivity contribution in [3.8, 4) is 5.75 Å². The van der Waals surface area contributed by atoms with Crippen LogP contribution in [0.4, 0.5) is 4.39 Å². The Balaban J connectivity index is 2.13. The second kappa shape index (κ2) is 7.98. The van der Waals surface area contributed by atoms with Crippen LogP contribution in [0.5, 0.6) is 5.75 Å². The van der Waals surface area contributed by atoms with Crippen molar-refractivity contribution in [2.45, 2.75) is 6.54 Å². The van der Waals surface area contributed by atoms with Gasteiger partial charge < -0.3 is 25.7 Å². The molecule has 3 N–H and O–H groups in total. The molecule has 134 valence electrons. The minimum atomic E-state index is -0.855. The van der Waals surface area contributed by atoms with Crippen LogP contribution in [-0.4, -0.2) is 54.6 Å². The van der Waals surface area contributed by atoms with Gasteiger partial charge in [0.25, 0.3) is 5.91 Å². The van der Waals surface area contributed by atoms with Gasteiger partial charge in [0, 0.05) is 37.5 Å². The minimum absolute atomic E-state index is 0.0439. The van der Waals surface area contributed by atoms with Crippen LogP contribution in [0, 0.1) is 11.2 Å². The van der Waals surface area contributed by atoms with Crippen LogP contribution in [0.1, 0.15) is 5.56 Å². The van der Waals surface area contributed by atoms with E-state index in [1.165, 1.54) is 24.1 Å². The summed E-state index contributed by atoms with van der Waals surface area (Å²) in [7, 11) is 1.44. The number of hydrogen-bond acceptors (Lipinski definition) is 5. The molecule has 1 aromatic carbocycles. The largest absolute Gasteiger partial charge is 0.496 e. The molecule has 7 nitrogen and oxygen atoms in total. The molecule has 1 aliphatic rings. The minimum Gasteiger partial charge on any atom is -0.496 e. The molecule has 0 bridgehead atoms. The highest BCUT2D eigenvalue weighted by Crippen LogP contribution is 2.23. The van der Waals surface area contributed by atoms with Crippen molar-refractivity contribution in [2.75, 3.05) is 26.7 Å². The van der Waals surface area contributed by atoms with E-state index in [9.17, 15) is 14.0 Å². The van der Waals surface area contributed by atoms with Crippen LogP contribution in [0.15, 0.2) is 28.9 Å². The monoisotopic (exact) mass is 368 g/mol. The van der Waals surface area contributed by atoms with Crippen LogP contribution in [-0.2, 0) is 16.1 Å². The van der Waals surface area contributed by atoms with Crippen LogP contribution < -0.4 is 10.5 Å². The number of nitrogens with two attached hydrogens (primary N) is 1. The lowest BCUT2D eigenvalue weighted by atomic mass is 10.1. The number of amides is 2. The zero-order valence-electron chi connectivity index (χ0n) is 13.6. The lowest BCUT2D eigenvalue weighted by Gasteiger charge is -2.36. The lowest BCUT2D eigenvalue weighted by molar-refractivity contribution is -0.135. The number of methoxy groups -OCH3 is 1. The number of hydrogen-bond donors (Lipinski definition) is 2. The molecule has 0 atom stereocenters. The van der Waals surface area contributed by atoms with Crippen LogP contribution in [0.3, 0.4) is 0 Å². The molecule has 1 aromatic rings. The highest BCUT2D eigenvalue weighted by Gasteiger charge is 2.27. The molecule has 1 saturated heterocycles. The summed E-state index contributed by atoms with van der Waals surface area (Å²) in [5.41, 5.74) is 5.93. The van der Waals surface area contributed by atoms with Crippen molar-refractivity contribution in [3.63, 3.8) is 0 Å². The standard InChI is InChI=1S/C16H18ClFN4O3/c1-25-13-6-11(18)3-2-10(13)8-22-5-4-21(9-14(22)23)12(7-19)15(17)16(20)24/h2-3,6-7,19H,4-5,8-9H2,1H3,(H2,20,24)/b15-12-,19-7?. The number of nitrogens with one attached hydrogen (secondary N) is 1. The Morgan fingerprint density at radius 3 is 2.76 bits per heavy atom. The maximum Gasteiger partial charge on any atom is 0.262 e. The van der Waals surface area contributed by atoms with Crippen LogP contribution in [0.2, 0.25) is 0 Å². The Labute approximate surface area is 149 Å². The van der Waals surface area contributed by atoms with E-state index in [2.05, 4.69) is 0 Å². The van der Waals surface area contributed by atoms with E-state index < -0.39 is 11.7 Å². The molecule has 0 aromatic heterocycles. The fraction of sp³-hybridized carbons (Fsp3) is 0.312. The zero-order valence-corrected chi connectivity index (χ0v) is 14.3. The normalized spacial score (nSPS) is 15.7. The van der Waals surface area contributed by atoms with Crippen molar-refractivity contribution in [1.29, 1.82) is 5.41 Å². The average molecular weight is 369 g/mol. The lowest BCUT2D eigenvalue weighted by Crippen LogP contribution is -2.49. The predicted octanol–water partition coefficient (Wildman–Crippen LogP) is 1.06. The summed E-state index contributed by atoms with van der Waals surface area (Å²) < 4.78 is 18.4. The number of rotatable bonds is 6. The summed E-state index contributed by atoms with van der Waals surface area (Å²) in [5, 5.41) is 7.11. The molecule has 1 aliphatic heterocycles. The van der Waals surface area contributed by atoms with E-state index in [1.807, 2.05) is 0 Å². The topological polar surface area (TPSA) is 99.7 Å². The van der Waals surface area contributed by atoms with Crippen molar-refractivity contribution < 1.29 is 18.7 Å². The van der Waals surface area contributed by atoms with Gasteiger partial charge in [-0.05, 0) is 6.07 Å². The zero-order chi connectivity index (χ0) is 18.6. The first kappa shape index (κ1) is 18.7. The Morgan fingerprint density at radius 2 is 2.20 bits per heavy atom. The molecular weight excluding hydrogens is 351 g/mol. The van der Waals surface area contributed by atoms with Gasteiger partial charge in [0.1, 0.15) is 16.6 Å². The first-order valence-electron chi connectivity index (χ1n) is 7.42. The number of carbonyl (C=O) groups is 2. The number of primary amides is 1. The molecule has 0 aliphatic carbocycles. The fourth-order valence-corrected chi connectivity index (χ4v) is 2.73. The Morgan fingerprint density at radius 1 is 1.48 bits per heavy atom. The third-order valence-corrected chi connectivity index (χ3v) is 4.23. The van der Waals surface area contributed by atoms with E-state index in [0.29, 0.717) is 24.4 Å². The highest BCUT2D eigenvalue weighted by molar-refractivity contribution is 6.43. The van der Waals surface area contributed by atoms with Gasteiger partial charge in [-0.15, -0.1) is 0 Å². The third-order valence-electron chi connectivity index (χ3n) is 3.85. The van der Waals surface area contributed by atoms with E-state index in [1.54, 1.807) is 11.0 Å². The number of piperazine rings is 1. The number of halogens is 2. The van der Waals surface area contributed by atoms with Gasteiger partial charge in [-0.3, -0.25) is 9.59 Å². The second-order valence-corrected chi connectivity index (χ2v) is 5.78. The first-order valence-corrected chi connectivity index (χ1v) is 7.80. The molecule has 1 heterocycles. The van der Waals surface area contributed by atoms with Crippen LogP contribution in [0.25, 0.3) is 0 Å². The van der Waals surface area contributed by atoms with Gasteiger partial charge in [0.2, 0.25) is 5.91 Å². The summed E-state index contributed by atoms with van der Waals surface area (Å²) in [6.07, 6.45) is 0.902. The number of benzene rings is 1. The SMILES string of the molecule is COc1cc(F)ccc1CN1CCN(/C(C=N)=C(\Cl)C(N)=O)CC1=O. The number of nitrogens with zero attached hydrogens (tertiary/aromatic N) is 2. The van der Waals surface area contributed by atoms with Gasteiger partial charge in [-0.1, -0.05) is 17.7 Å². The molecule has 0 spiro atoms. The Bertz CT molecular complexity index is 738. The molecular formula is C16H18ClFN4O3. The van der Waals surface area contributed by atoms with Crippen molar-refractivity contribution in [2.24, 2.45) is 5.73 Å². The van der Waals surface area contributed by atoms with E-state index in [0.717, 1.165) is 6.21 Å². The number of carbonyl (C=O) groups excluding carboxylic acids is 2. The second-order valence-electron chi connectivity index (χ2n) is 5.40. The molecule has 0 unspecified atom stereocenters. The molecule has 9 heteroatoms. The van der Waals surface area contributed by atoms with Crippen molar-refractivity contribution >= 4 is 29.6 Å². The molecule has 1 fully saturated rings.